The molecule has 0 aromatic carbocycles. The first kappa shape index (κ1) is 15.4. The first-order valence-electron chi connectivity index (χ1n) is 5.73. The van der Waals surface area contributed by atoms with Crippen molar-refractivity contribution < 1.29 is 24.2 Å². The molecule has 0 aliphatic rings. The van der Waals surface area contributed by atoms with Crippen LogP contribution in [-0.4, -0.2) is 41.1 Å². The molecule has 20 heavy (non-hydrogen) atoms. The second kappa shape index (κ2) is 7.07. The molecule has 8 nitrogen and oxygen atoms in total. The van der Waals surface area contributed by atoms with Gasteiger partial charge in [0.2, 0.25) is 5.56 Å². The third-order valence-electron chi connectivity index (χ3n) is 2.51. The average molecular weight is 282 g/mol. The summed E-state index contributed by atoms with van der Waals surface area (Å²) in [6.07, 6.45) is 1.04. The van der Waals surface area contributed by atoms with E-state index in [2.05, 4.69) is 15.0 Å². The minimum absolute atomic E-state index is 0.0399. The lowest BCUT2D eigenvalue weighted by Gasteiger charge is -2.13. The lowest BCUT2D eigenvalue weighted by molar-refractivity contribution is -0.142. The highest BCUT2D eigenvalue weighted by molar-refractivity contribution is 5.96. The summed E-state index contributed by atoms with van der Waals surface area (Å²) in [6.45, 7) is 0. The molecule has 0 unspecified atom stereocenters. The molecule has 0 saturated heterocycles. The molecular formula is C12H14N2O6. The zero-order valence-electron chi connectivity index (χ0n) is 10.7. The van der Waals surface area contributed by atoms with E-state index in [-0.39, 0.29) is 18.4 Å². The number of amides is 1. The molecule has 1 aromatic heterocycles. The highest BCUT2D eigenvalue weighted by atomic mass is 16.5. The number of carbonyl (C=O) groups excluding carboxylic acids is 2. The van der Waals surface area contributed by atoms with Crippen LogP contribution < -0.4 is 10.9 Å². The van der Waals surface area contributed by atoms with Crippen LogP contribution in [0.1, 0.15) is 23.2 Å². The van der Waals surface area contributed by atoms with Crippen molar-refractivity contribution in [2.45, 2.75) is 18.9 Å². The number of pyridine rings is 1. The first-order valence-corrected chi connectivity index (χ1v) is 5.73. The predicted octanol–water partition coefficient (Wildman–Crippen LogP) is -0.489. The van der Waals surface area contributed by atoms with Crippen molar-refractivity contribution in [3.63, 3.8) is 0 Å². The molecule has 0 spiro atoms. The Morgan fingerprint density at radius 1 is 1.45 bits per heavy atom. The average Bonchev–Trinajstić information content (AvgIpc) is 2.42. The van der Waals surface area contributed by atoms with E-state index in [1.54, 1.807) is 0 Å². The molecule has 3 N–H and O–H groups in total. The van der Waals surface area contributed by atoms with Gasteiger partial charge >= 0.3 is 11.9 Å². The monoisotopic (exact) mass is 282 g/mol. The molecule has 1 atom stereocenters. The number of hydrogen-bond donors (Lipinski definition) is 3. The summed E-state index contributed by atoms with van der Waals surface area (Å²) in [5, 5.41) is 11.2. The fourth-order valence-electron chi connectivity index (χ4n) is 1.45. The largest absolute Gasteiger partial charge is 0.480 e. The van der Waals surface area contributed by atoms with Crippen molar-refractivity contribution in [3.05, 3.63) is 34.2 Å². The van der Waals surface area contributed by atoms with Crippen molar-refractivity contribution in [1.29, 1.82) is 0 Å². The van der Waals surface area contributed by atoms with Gasteiger partial charge in [-0.25, -0.2) is 4.79 Å². The maximum absolute atomic E-state index is 11.8. The molecule has 0 bridgehead atoms. The molecule has 1 heterocycles. The number of carboxylic acids is 1. The van der Waals surface area contributed by atoms with Gasteiger partial charge in [-0.05, 0) is 12.5 Å². The number of carboxylic acid groups (broad SMARTS) is 1. The zero-order chi connectivity index (χ0) is 15.1. The maximum atomic E-state index is 11.8. The van der Waals surface area contributed by atoms with E-state index in [0.717, 1.165) is 6.07 Å². The van der Waals surface area contributed by atoms with Crippen LogP contribution in [0.4, 0.5) is 0 Å². The number of aliphatic carboxylic acids is 1. The molecule has 8 heteroatoms. The Labute approximate surface area is 113 Å². The lowest BCUT2D eigenvalue weighted by Crippen LogP contribution is -2.41. The molecule has 0 aliphatic carbocycles. The highest BCUT2D eigenvalue weighted by Crippen LogP contribution is 2.02. The van der Waals surface area contributed by atoms with E-state index < -0.39 is 29.4 Å². The molecule has 108 valence electrons. The van der Waals surface area contributed by atoms with Gasteiger partial charge in [-0.15, -0.1) is 0 Å². The number of rotatable bonds is 6. The number of H-pyrrole nitrogens is 1. The van der Waals surface area contributed by atoms with Gasteiger partial charge in [-0.2, -0.15) is 0 Å². The van der Waals surface area contributed by atoms with Crippen LogP contribution in [0.3, 0.4) is 0 Å². The van der Waals surface area contributed by atoms with E-state index >= 15 is 0 Å². The van der Waals surface area contributed by atoms with E-state index in [9.17, 15) is 19.2 Å². The van der Waals surface area contributed by atoms with E-state index in [0.29, 0.717) is 0 Å². The number of hydrogen-bond acceptors (Lipinski definition) is 5. The minimum atomic E-state index is -1.27. The predicted molar refractivity (Wildman–Crippen MR) is 67.2 cm³/mol. The van der Waals surface area contributed by atoms with Gasteiger partial charge in [-0.1, -0.05) is 0 Å². The molecule has 0 saturated carbocycles. The van der Waals surface area contributed by atoms with Crippen LogP contribution in [0.15, 0.2) is 23.1 Å². The van der Waals surface area contributed by atoms with Crippen molar-refractivity contribution in [3.8, 4) is 0 Å². The summed E-state index contributed by atoms with van der Waals surface area (Å²) >= 11 is 0. The Balaban J connectivity index is 2.70. The third kappa shape index (κ3) is 4.56. The number of ether oxygens (including phenoxy) is 1. The van der Waals surface area contributed by atoms with Gasteiger partial charge in [0, 0.05) is 24.2 Å². The summed E-state index contributed by atoms with van der Waals surface area (Å²) in [5.74, 6) is -2.54. The smallest absolute Gasteiger partial charge is 0.326 e. The summed E-state index contributed by atoms with van der Waals surface area (Å²) in [5.41, 5.74) is -0.433. The topological polar surface area (TPSA) is 126 Å². The zero-order valence-corrected chi connectivity index (χ0v) is 10.7. The Hall–Kier alpha value is -2.64. The second-order valence-corrected chi connectivity index (χ2v) is 3.92. The van der Waals surface area contributed by atoms with Crippen molar-refractivity contribution >= 4 is 17.8 Å². The summed E-state index contributed by atoms with van der Waals surface area (Å²) in [6, 6.07) is 1.16. The van der Waals surface area contributed by atoms with Crippen LogP contribution in [0.5, 0.6) is 0 Å². The Bertz CT molecular complexity index is 565. The van der Waals surface area contributed by atoms with Crippen LogP contribution in [-0.2, 0) is 14.3 Å². The summed E-state index contributed by atoms with van der Waals surface area (Å²) in [7, 11) is 1.19. The van der Waals surface area contributed by atoms with E-state index in [1.165, 1.54) is 19.4 Å². The lowest BCUT2D eigenvalue weighted by atomic mass is 10.1. The number of aromatic amines is 1. The summed E-state index contributed by atoms with van der Waals surface area (Å²) in [4.78, 5) is 47.1. The number of aromatic nitrogens is 1. The van der Waals surface area contributed by atoms with Crippen LogP contribution in [0.25, 0.3) is 0 Å². The van der Waals surface area contributed by atoms with Crippen LogP contribution in [0, 0.1) is 0 Å². The molecule has 1 rings (SSSR count). The minimum Gasteiger partial charge on any atom is -0.480 e. The standard InChI is InChI=1S/C12H14N2O6/c1-20-10(16)3-2-8(12(18)19)14-11(17)7-4-5-13-9(15)6-7/h4-6,8H,2-3H2,1H3,(H,13,15)(H,14,17)(H,18,19)/t8-/m0/s1. The Morgan fingerprint density at radius 3 is 2.70 bits per heavy atom. The quantitative estimate of drug-likeness (QED) is 0.604. The van der Waals surface area contributed by atoms with Crippen molar-refractivity contribution in [1.82, 2.24) is 10.3 Å². The van der Waals surface area contributed by atoms with Gasteiger partial charge in [-0.3, -0.25) is 14.4 Å². The fraction of sp³-hybridized carbons (Fsp3) is 0.333. The van der Waals surface area contributed by atoms with Gasteiger partial charge in [0.1, 0.15) is 6.04 Å². The normalized spacial score (nSPS) is 11.4. The number of methoxy groups -OCH3 is 1. The molecular weight excluding hydrogens is 268 g/mol. The molecule has 1 amide bonds. The number of nitrogens with one attached hydrogen (secondary N) is 2. The molecule has 1 aromatic rings. The Morgan fingerprint density at radius 2 is 2.15 bits per heavy atom. The van der Waals surface area contributed by atoms with Crippen LogP contribution >= 0.6 is 0 Å². The van der Waals surface area contributed by atoms with Crippen LogP contribution in [0.2, 0.25) is 0 Å². The SMILES string of the molecule is COC(=O)CC[C@H](NC(=O)c1cc[nH]c(=O)c1)C(=O)O. The second-order valence-electron chi connectivity index (χ2n) is 3.92. The van der Waals surface area contributed by atoms with Gasteiger partial charge < -0.3 is 20.1 Å². The fourth-order valence-corrected chi connectivity index (χ4v) is 1.45. The van der Waals surface area contributed by atoms with E-state index in [4.69, 9.17) is 5.11 Å². The first-order chi connectivity index (χ1) is 9.43. The van der Waals surface area contributed by atoms with Crippen molar-refractivity contribution in [2.24, 2.45) is 0 Å². The van der Waals surface area contributed by atoms with Gasteiger partial charge in [0.25, 0.3) is 5.91 Å². The van der Waals surface area contributed by atoms with Crippen molar-refractivity contribution in [2.75, 3.05) is 7.11 Å². The van der Waals surface area contributed by atoms with E-state index in [1.807, 2.05) is 0 Å². The van der Waals surface area contributed by atoms with Gasteiger partial charge in [0.05, 0.1) is 7.11 Å². The Kier molecular flexibility index (Phi) is 5.45. The number of esters is 1. The molecule has 0 fully saturated rings. The van der Waals surface area contributed by atoms with Gasteiger partial charge in [0.15, 0.2) is 0 Å². The molecule has 0 aliphatic heterocycles. The third-order valence-corrected chi connectivity index (χ3v) is 2.51. The number of carbonyl (C=O) groups is 3. The molecule has 0 radical (unpaired) electrons. The maximum Gasteiger partial charge on any atom is 0.326 e. The summed E-state index contributed by atoms with van der Waals surface area (Å²) < 4.78 is 4.40. The highest BCUT2D eigenvalue weighted by Gasteiger charge is 2.21.